The minimum absolute atomic E-state index is 0.0240. The fraction of sp³-hybridized carbons (Fsp3) is 0.207. The molecule has 2 heterocycles. The SMILES string of the molecule is CC(C)CCOc1ccc(-c2nn(-c3ccccc3)cc2/C=C(\C#N)C(=O)NCc2ccco2)cc1. The molecule has 0 saturated heterocycles. The highest BCUT2D eigenvalue weighted by molar-refractivity contribution is 6.02. The van der Waals surface area contributed by atoms with Gasteiger partial charge < -0.3 is 14.5 Å². The summed E-state index contributed by atoms with van der Waals surface area (Å²) in [5, 5.41) is 17.2. The monoisotopic (exact) mass is 480 g/mol. The average molecular weight is 481 g/mol. The van der Waals surface area contributed by atoms with Gasteiger partial charge in [-0.15, -0.1) is 0 Å². The lowest BCUT2D eigenvalue weighted by Crippen LogP contribution is -2.23. The van der Waals surface area contributed by atoms with Crippen LogP contribution >= 0.6 is 0 Å². The van der Waals surface area contributed by atoms with Gasteiger partial charge in [-0.1, -0.05) is 32.0 Å². The van der Waals surface area contributed by atoms with E-state index in [4.69, 9.17) is 14.3 Å². The summed E-state index contributed by atoms with van der Waals surface area (Å²) < 4.78 is 12.8. The Hall–Kier alpha value is -4.57. The van der Waals surface area contributed by atoms with Crippen molar-refractivity contribution in [3.63, 3.8) is 0 Å². The predicted molar refractivity (Wildman–Crippen MR) is 138 cm³/mol. The largest absolute Gasteiger partial charge is 0.494 e. The van der Waals surface area contributed by atoms with Crippen molar-refractivity contribution in [2.24, 2.45) is 5.92 Å². The summed E-state index contributed by atoms with van der Waals surface area (Å²) in [4.78, 5) is 12.7. The van der Waals surface area contributed by atoms with Crippen molar-refractivity contribution >= 4 is 12.0 Å². The fourth-order valence-corrected chi connectivity index (χ4v) is 3.53. The third kappa shape index (κ3) is 6.30. The highest BCUT2D eigenvalue weighted by Crippen LogP contribution is 2.28. The maximum absolute atomic E-state index is 12.7. The molecule has 2 aromatic carbocycles. The third-order valence-electron chi connectivity index (χ3n) is 5.52. The Bertz CT molecular complexity index is 1350. The van der Waals surface area contributed by atoms with Crippen LogP contribution in [0.15, 0.2) is 89.2 Å². The summed E-state index contributed by atoms with van der Waals surface area (Å²) in [5.41, 5.74) is 2.99. The Morgan fingerprint density at radius 1 is 1.14 bits per heavy atom. The number of rotatable bonds is 10. The highest BCUT2D eigenvalue weighted by Gasteiger charge is 2.15. The lowest BCUT2D eigenvalue weighted by molar-refractivity contribution is -0.117. The number of para-hydroxylation sites is 1. The van der Waals surface area contributed by atoms with Gasteiger partial charge in [-0.05, 0) is 66.9 Å². The van der Waals surface area contributed by atoms with Crippen molar-refractivity contribution in [1.82, 2.24) is 15.1 Å². The molecule has 0 unspecified atom stereocenters. The number of benzene rings is 2. The normalized spacial score (nSPS) is 11.3. The van der Waals surface area contributed by atoms with E-state index in [0.29, 0.717) is 29.5 Å². The number of aromatic nitrogens is 2. The molecule has 0 aliphatic rings. The van der Waals surface area contributed by atoms with Gasteiger partial charge >= 0.3 is 0 Å². The van der Waals surface area contributed by atoms with E-state index in [9.17, 15) is 10.1 Å². The molecule has 4 aromatic rings. The molecule has 7 heteroatoms. The lowest BCUT2D eigenvalue weighted by Gasteiger charge is -2.08. The van der Waals surface area contributed by atoms with Crippen LogP contribution in [-0.4, -0.2) is 22.3 Å². The Morgan fingerprint density at radius 3 is 2.58 bits per heavy atom. The van der Waals surface area contributed by atoms with Crippen molar-refractivity contribution in [2.75, 3.05) is 6.61 Å². The van der Waals surface area contributed by atoms with Gasteiger partial charge in [0.15, 0.2) is 0 Å². The zero-order valence-corrected chi connectivity index (χ0v) is 20.3. The molecule has 1 amide bonds. The maximum atomic E-state index is 12.7. The number of nitrogens with zero attached hydrogens (tertiary/aromatic N) is 3. The molecule has 0 fully saturated rings. The van der Waals surface area contributed by atoms with E-state index in [0.717, 1.165) is 23.4 Å². The van der Waals surface area contributed by atoms with Crippen LogP contribution in [0.3, 0.4) is 0 Å². The maximum Gasteiger partial charge on any atom is 0.262 e. The molecular formula is C29H28N4O3. The number of ether oxygens (including phenoxy) is 1. The molecule has 2 aromatic heterocycles. The van der Waals surface area contributed by atoms with Crippen LogP contribution in [0.25, 0.3) is 23.0 Å². The summed E-state index contributed by atoms with van der Waals surface area (Å²) in [5.74, 6) is 1.48. The quantitative estimate of drug-likeness (QED) is 0.229. The predicted octanol–water partition coefficient (Wildman–Crippen LogP) is 5.78. The number of nitrogens with one attached hydrogen (secondary N) is 1. The molecule has 182 valence electrons. The van der Waals surface area contributed by atoms with Gasteiger partial charge in [0.05, 0.1) is 30.8 Å². The molecule has 0 aliphatic carbocycles. The smallest absolute Gasteiger partial charge is 0.262 e. The molecule has 7 nitrogen and oxygen atoms in total. The second-order valence-electron chi connectivity index (χ2n) is 8.70. The second kappa shape index (κ2) is 11.7. The molecule has 4 rings (SSSR count). The topological polar surface area (TPSA) is 93.1 Å². The molecule has 0 atom stereocenters. The van der Waals surface area contributed by atoms with Gasteiger partial charge in [-0.3, -0.25) is 4.79 Å². The number of carbonyl (C=O) groups is 1. The fourth-order valence-electron chi connectivity index (χ4n) is 3.53. The van der Waals surface area contributed by atoms with Crippen LogP contribution in [0.4, 0.5) is 0 Å². The van der Waals surface area contributed by atoms with E-state index >= 15 is 0 Å². The number of carbonyl (C=O) groups excluding carboxylic acids is 1. The molecule has 0 bridgehead atoms. The van der Waals surface area contributed by atoms with E-state index in [1.165, 1.54) is 6.26 Å². The van der Waals surface area contributed by atoms with Crippen molar-refractivity contribution in [2.45, 2.75) is 26.8 Å². The number of amides is 1. The Balaban J connectivity index is 1.63. The number of hydrogen-bond acceptors (Lipinski definition) is 5. The Labute approximate surface area is 210 Å². The van der Waals surface area contributed by atoms with Gasteiger partial charge in [0.25, 0.3) is 5.91 Å². The average Bonchev–Trinajstić information content (AvgIpc) is 3.57. The third-order valence-corrected chi connectivity index (χ3v) is 5.52. The lowest BCUT2D eigenvalue weighted by atomic mass is 10.1. The molecule has 0 spiro atoms. The Morgan fingerprint density at radius 2 is 1.92 bits per heavy atom. The molecule has 36 heavy (non-hydrogen) atoms. The van der Waals surface area contributed by atoms with Crippen molar-refractivity contribution < 1.29 is 13.9 Å². The summed E-state index contributed by atoms with van der Waals surface area (Å²) >= 11 is 0. The van der Waals surface area contributed by atoms with Crippen LogP contribution in [0.5, 0.6) is 5.75 Å². The standard InChI is InChI=1S/C29H28N4O3/c1-21(2)14-16-36-26-12-10-22(11-13-26)28-24(20-33(32-28)25-7-4-3-5-8-25)17-23(18-30)29(34)31-19-27-9-6-15-35-27/h3-13,15,17,20-21H,14,16,19H2,1-2H3,(H,31,34)/b23-17+. The van der Waals surface area contributed by atoms with E-state index in [1.807, 2.05) is 66.9 Å². The first-order valence-corrected chi connectivity index (χ1v) is 11.8. The zero-order valence-electron chi connectivity index (χ0n) is 20.3. The van der Waals surface area contributed by atoms with Crippen LogP contribution < -0.4 is 10.1 Å². The van der Waals surface area contributed by atoms with E-state index in [-0.39, 0.29) is 12.1 Å². The second-order valence-corrected chi connectivity index (χ2v) is 8.70. The minimum atomic E-state index is -0.485. The first-order valence-electron chi connectivity index (χ1n) is 11.8. The molecular weight excluding hydrogens is 452 g/mol. The van der Waals surface area contributed by atoms with Gasteiger partial charge in [0.2, 0.25) is 0 Å². The van der Waals surface area contributed by atoms with Gasteiger partial charge in [0.1, 0.15) is 23.2 Å². The van der Waals surface area contributed by atoms with E-state index in [2.05, 4.69) is 19.2 Å². The first kappa shape index (κ1) is 24.6. The summed E-state index contributed by atoms with van der Waals surface area (Å²) in [7, 11) is 0. The van der Waals surface area contributed by atoms with Crippen LogP contribution in [-0.2, 0) is 11.3 Å². The van der Waals surface area contributed by atoms with Crippen LogP contribution in [0.2, 0.25) is 0 Å². The van der Waals surface area contributed by atoms with E-state index < -0.39 is 5.91 Å². The number of nitriles is 1. The van der Waals surface area contributed by atoms with Gasteiger partial charge in [0, 0.05) is 17.3 Å². The number of furan rings is 1. The van der Waals surface area contributed by atoms with Gasteiger partial charge in [-0.2, -0.15) is 10.4 Å². The van der Waals surface area contributed by atoms with Crippen molar-refractivity contribution in [3.05, 3.63) is 96.1 Å². The molecule has 1 N–H and O–H groups in total. The summed E-state index contributed by atoms with van der Waals surface area (Å²) in [6.07, 6.45) is 5.89. The number of hydrogen-bond donors (Lipinski definition) is 1. The molecule has 0 radical (unpaired) electrons. The van der Waals surface area contributed by atoms with Crippen LogP contribution in [0.1, 0.15) is 31.6 Å². The zero-order chi connectivity index (χ0) is 25.3. The van der Waals surface area contributed by atoms with Crippen LogP contribution in [0, 0.1) is 17.2 Å². The summed E-state index contributed by atoms with van der Waals surface area (Å²) in [6, 6.07) is 22.9. The summed E-state index contributed by atoms with van der Waals surface area (Å²) in [6.45, 7) is 5.18. The minimum Gasteiger partial charge on any atom is -0.494 e. The van der Waals surface area contributed by atoms with Crippen molar-refractivity contribution in [3.8, 4) is 28.8 Å². The van der Waals surface area contributed by atoms with Crippen molar-refractivity contribution in [1.29, 1.82) is 5.26 Å². The van der Waals surface area contributed by atoms with Gasteiger partial charge in [-0.25, -0.2) is 4.68 Å². The van der Waals surface area contributed by atoms with E-state index in [1.54, 1.807) is 22.9 Å². The first-order chi connectivity index (χ1) is 17.5. The molecule has 0 aliphatic heterocycles. The molecule has 0 saturated carbocycles. The Kier molecular flexibility index (Phi) is 7.99. The highest BCUT2D eigenvalue weighted by atomic mass is 16.5.